The van der Waals surface area contributed by atoms with E-state index in [4.69, 9.17) is 10.5 Å². The Morgan fingerprint density at radius 3 is 2.19 bits per heavy atom. The lowest BCUT2D eigenvalue weighted by Gasteiger charge is -2.06. The molecule has 2 N–H and O–H groups in total. The molecule has 0 fully saturated rings. The molecular weight excluding hydrogens is 278 g/mol. The highest BCUT2D eigenvalue weighted by atomic mass is 16.6. The van der Waals surface area contributed by atoms with Gasteiger partial charge in [-0.2, -0.15) is 0 Å². The molecule has 0 unspecified atom stereocenters. The van der Waals surface area contributed by atoms with Crippen LogP contribution in [0.4, 0.5) is 11.4 Å². The van der Waals surface area contributed by atoms with Crippen molar-refractivity contribution in [3.05, 3.63) is 68.3 Å². The Kier molecular flexibility index (Phi) is 4.10. The predicted molar refractivity (Wildman–Crippen MR) is 74.2 cm³/mol. The van der Waals surface area contributed by atoms with Crippen molar-refractivity contribution in [2.45, 2.75) is 6.54 Å². The Morgan fingerprint density at radius 2 is 1.67 bits per heavy atom. The van der Waals surface area contributed by atoms with Crippen molar-refractivity contribution in [2.24, 2.45) is 5.73 Å². The van der Waals surface area contributed by atoms with Crippen LogP contribution in [0.15, 0.2) is 42.5 Å². The molecule has 21 heavy (non-hydrogen) atoms. The van der Waals surface area contributed by atoms with E-state index in [9.17, 15) is 20.2 Å². The molecule has 0 spiro atoms. The Morgan fingerprint density at radius 1 is 1.00 bits per heavy atom. The number of nitrogens with zero attached hydrogens (tertiary/aromatic N) is 2. The third-order valence-corrected chi connectivity index (χ3v) is 2.74. The maximum Gasteiger partial charge on any atom is 0.318 e. The molecule has 0 aliphatic rings. The van der Waals surface area contributed by atoms with Crippen LogP contribution in [0.1, 0.15) is 5.56 Å². The van der Waals surface area contributed by atoms with E-state index >= 15 is 0 Å². The molecule has 0 aromatic heterocycles. The molecule has 0 saturated carbocycles. The molecule has 0 saturated heterocycles. The van der Waals surface area contributed by atoms with Crippen molar-refractivity contribution in [1.82, 2.24) is 0 Å². The molecule has 8 heteroatoms. The smallest absolute Gasteiger partial charge is 0.318 e. The van der Waals surface area contributed by atoms with E-state index in [1.165, 1.54) is 6.07 Å². The van der Waals surface area contributed by atoms with Gasteiger partial charge < -0.3 is 10.5 Å². The zero-order valence-corrected chi connectivity index (χ0v) is 10.8. The maximum absolute atomic E-state index is 11.0. The van der Waals surface area contributed by atoms with Crippen LogP contribution in [0.3, 0.4) is 0 Å². The summed E-state index contributed by atoms with van der Waals surface area (Å²) in [5, 5.41) is 21.6. The summed E-state index contributed by atoms with van der Waals surface area (Å²) in [6.07, 6.45) is 0. The number of rotatable bonds is 5. The fourth-order valence-electron chi connectivity index (χ4n) is 1.67. The van der Waals surface area contributed by atoms with Crippen LogP contribution in [0.2, 0.25) is 0 Å². The lowest BCUT2D eigenvalue weighted by Crippen LogP contribution is -1.97. The van der Waals surface area contributed by atoms with Crippen molar-refractivity contribution in [3.63, 3.8) is 0 Å². The first-order valence-electron chi connectivity index (χ1n) is 5.91. The van der Waals surface area contributed by atoms with E-state index < -0.39 is 15.5 Å². The van der Waals surface area contributed by atoms with E-state index in [2.05, 4.69) is 0 Å². The fraction of sp³-hybridized carbons (Fsp3) is 0.0769. The van der Waals surface area contributed by atoms with Crippen molar-refractivity contribution < 1.29 is 14.6 Å². The number of hydrogen-bond acceptors (Lipinski definition) is 6. The third kappa shape index (κ3) is 3.31. The maximum atomic E-state index is 11.0. The molecule has 2 aromatic carbocycles. The Balaban J connectivity index is 2.34. The average molecular weight is 289 g/mol. The molecule has 108 valence electrons. The highest BCUT2D eigenvalue weighted by Crippen LogP contribution is 2.34. The minimum atomic E-state index is -0.726. The molecule has 0 radical (unpaired) electrons. The van der Waals surface area contributed by atoms with Crippen molar-refractivity contribution in [3.8, 4) is 11.5 Å². The summed E-state index contributed by atoms with van der Waals surface area (Å²) in [6.45, 7) is 0.373. The summed E-state index contributed by atoms with van der Waals surface area (Å²) in [7, 11) is 0. The highest BCUT2D eigenvalue weighted by molar-refractivity contribution is 5.54. The van der Waals surface area contributed by atoms with Gasteiger partial charge in [0.25, 0.3) is 5.69 Å². The molecule has 2 aromatic rings. The van der Waals surface area contributed by atoms with E-state index in [0.29, 0.717) is 12.3 Å². The molecule has 0 atom stereocenters. The van der Waals surface area contributed by atoms with Gasteiger partial charge in [0.1, 0.15) is 5.75 Å². The fourth-order valence-corrected chi connectivity index (χ4v) is 1.67. The van der Waals surface area contributed by atoms with Gasteiger partial charge in [0.2, 0.25) is 5.75 Å². The first kappa shape index (κ1) is 14.4. The summed E-state index contributed by atoms with van der Waals surface area (Å²) in [5.74, 6) is 0.315. The standard InChI is InChI=1S/C13H11N3O5/c14-8-9-1-4-11(5-2-9)21-13-6-3-10(15(17)18)7-12(13)16(19)20/h1-7H,8,14H2. The quantitative estimate of drug-likeness (QED) is 0.667. The van der Waals surface area contributed by atoms with Crippen LogP contribution in [0, 0.1) is 20.2 Å². The number of benzene rings is 2. The molecule has 0 aliphatic heterocycles. The van der Waals surface area contributed by atoms with Crippen molar-refractivity contribution in [2.75, 3.05) is 0 Å². The van der Waals surface area contributed by atoms with Gasteiger partial charge in [0, 0.05) is 12.6 Å². The number of hydrogen-bond donors (Lipinski definition) is 1. The lowest BCUT2D eigenvalue weighted by molar-refractivity contribution is -0.394. The van der Waals surface area contributed by atoms with Crippen LogP contribution >= 0.6 is 0 Å². The number of nitro groups is 2. The molecule has 0 aliphatic carbocycles. The number of nitro benzene ring substituents is 2. The average Bonchev–Trinajstić information content (AvgIpc) is 2.48. The second kappa shape index (κ2) is 5.97. The minimum absolute atomic E-state index is 0.0638. The lowest BCUT2D eigenvalue weighted by atomic mass is 10.2. The SMILES string of the molecule is NCc1ccc(Oc2ccc([N+](=O)[O-])cc2[N+](=O)[O-])cc1. The normalized spacial score (nSPS) is 10.1. The summed E-state index contributed by atoms with van der Waals surface area (Å²) >= 11 is 0. The molecule has 8 nitrogen and oxygen atoms in total. The zero-order valence-electron chi connectivity index (χ0n) is 10.8. The predicted octanol–water partition coefficient (Wildman–Crippen LogP) is 2.75. The van der Waals surface area contributed by atoms with Crippen LogP contribution in [-0.4, -0.2) is 9.85 Å². The monoisotopic (exact) mass is 289 g/mol. The second-order valence-electron chi connectivity index (χ2n) is 4.12. The van der Waals surface area contributed by atoms with E-state index in [0.717, 1.165) is 17.7 Å². The van der Waals surface area contributed by atoms with Gasteiger partial charge in [-0.3, -0.25) is 20.2 Å². The second-order valence-corrected chi connectivity index (χ2v) is 4.12. The number of non-ortho nitro benzene ring substituents is 1. The molecule has 0 amide bonds. The zero-order chi connectivity index (χ0) is 15.4. The molecular formula is C13H11N3O5. The van der Waals surface area contributed by atoms with Gasteiger partial charge in [0.15, 0.2) is 0 Å². The Bertz CT molecular complexity index is 685. The minimum Gasteiger partial charge on any atom is -0.450 e. The number of nitrogens with two attached hydrogens (primary N) is 1. The Hall–Kier alpha value is -3.00. The van der Waals surface area contributed by atoms with Crippen LogP contribution in [0.25, 0.3) is 0 Å². The van der Waals surface area contributed by atoms with Crippen molar-refractivity contribution in [1.29, 1.82) is 0 Å². The molecule has 0 heterocycles. The highest BCUT2D eigenvalue weighted by Gasteiger charge is 2.21. The summed E-state index contributed by atoms with van der Waals surface area (Å²) in [5.41, 5.74) is 5.52. The summed E-state index contributed by atoms with van der Waals surface area (Å²) in [6, 6.07) is 9.91. The summed E-state index contributed by atoms with van der Waals surface area (Å²) < 4.78 is 5.40. The van der Waals surface area contributed by atoms with Gasteiger partial charge in [-0.25, -0.2) is 0 Å². The first-order chi connectivity index (χ1) is 10.0. The first-order valence-corrected chi connectivity index (χ1v) is 5.91. The van der Waals surface area contributed by atoms with Gasteiger partial charge in [-0.15, -0.1) is 0 Å². The third-order valence-electron chi connectivity index (χ3n) is 2.74. The molecule has 2 rings (SSSR count). The van der Waals surface area contributed by atoms with Gasteiger partial charge in [0.05, 0.1) is 15.9 Å². The topological polar surface area (TPSA) is 122 Å². The van der Waals surface area contributed by atoms with Crippen LogP contribution < -0.4 is 10.5 Å². The molecule has 0 bridgehead atoms. The largest absolute Gasteiger partial charge is 0.450 e. The van der Waals surface area contributed by atoms with Crippen LogP contribution in [-0.2, 0) is 6.54 Å². The van der Waals surface area contributed by atoms with Crippen LogP contribution in [0.5, 0.6) is 11.5 Å². The van der Waals surface area contributed by atoms with Crippen molar-refractivity contribution >= 4 is 11.4 Å². The van der Waals surface area contributed by atoms with Gasteiger partial charge in [-0.1, -0.05) is 12.1 Å². The Labute approximate surface area is 119 Å². The summed E-state index contributed by atoms with van der Waals surface area (Å²) in [4.78, 5) is 20.2. The number of ether oxygens (including phenoxy) is 1. The van der Waals surface area contributed by atoms with E-state index in [-0.39, 0.29) is 11.4 Å². The van der Waals surface area contributed by atoms with E-state index in [1.54, 1.807) is 24.3 Å². The van der Waals surface area contributed by atoms with E-state index in [1.807, 2.05) is 0 Å². The van der Waals surface area contributed by atoms with Gasteiger partial charge in [-0.05, 0) is 23.8 Å². The van der Waals surface area contributed by atoms with Gasteiger partial charge >= 0.3 is 5.69 Å².